The molecule has 1 aliphatic carbocycles. The minimum Gasteiger partial charge on any atom is -0.362 e. The first-order chi connectivity index (χ1) is 13.9. The number of aromatic nitrogens is 3. The summed E-state index contributed by atoms with van der Waals surface area (Å²) < 4.78 is 13.1. The van der Waals surface area contributed by atoms with Crippen LogP contribution in [0.15, 0.2) is 36.4 Å². The number of rotatable bonds is 7. The summed E-state index contributed by atoms with van der Waals surface area (Å²) in [5, 5.41) is 24.7. The molecule has 2 aromatic heterocycles. The second kappa shape index (κ2) is 7.67. The number of nitrogens with zero attached hydrogens (tertiary/aromatic N) is 3. The molecular formula is C19H18ClFN6O2. The lowest BCUT2D eigenvalue weighted by atomic mass is 10.1. The van der Waals surface area contributed by atoms with E-state index in [2.05, 4.69) is 25.8 Å². The molecule has 1 fully saturated rings. The first-order valence-corrected chi connectivity index (χ1v) is 9.48. The lowest BCUT2D eigenvalue weighted by molar-refractivity contribution is -0.384. The molecule has 0 saturated heterocycles. The predicted octanol–water partition coefficient (Wildman–Crippen LogP) is 5.30. The Hall–Kier alpha value is -3.20. The zero-order chi connectivity index (χ0) is 20.5. The number of hydrogen-bond acceptors (Lipinski definition) is 6. The highest BCUT2D eigenvalue weighted by Crippen LogP contribution is 2.40. The molecule has 10 heteroatoms. The molecule has 1 aromatic carbocycles. The van der Waals surface area contributed by atoms with Gasteiger partial charge in [0.25, 0.3) is 0 Å². The highest BCUT2D eigenvalue weighted by molar-refractivity contribution is 6.33. The van der Waals surface area contributed by atoms with Crippen LogP contribution < -0.4 is 10.6 Å². The summed E-state index contributed by atoms with van der Waals surface area (Å²) in [5.41, 5.74) is 1.55. The van der Waals surface area contributed by atoms with Crippen LogP contribution in [0.3, 0.4) is 0 Å². The fourth-order valence-corrected chi connectivity index (χ4v) is 3.18. The quantitative estimate of drug-likeness (QED) is 0.356. The van der Waals surface area contributed by atoms with Crippen molar-refractivity contribution < 1.29 is 9.31 Å². The summed E-state index contributed by atoms with van der Waals surface area (Å²) in [4.78, 5) is 15.2. The van der Waals surface area contributed by atoms with Gasteiger partial charge in [0.2, 0.25) is 5.82 Å². The Bertz CT molecular complexity index is 1050. The molecule has 1 saturated carbocycles. The molecule has 0 radical (unpaired) electrons. The fraction of sp³-hybridized carbons (Fsp3) is 0.263. The molecule has 1 aliphatic rings. The number of halogens is 2. The smallest absolute Gasteiger partial charge is 0.313 e. The number of anilines is 3. The van der Waals surface area contributed by atoms with Crippen LogP contribution in [0.2, 0.25) is 5.02 Å². The number of H-pyrrole nitrogens is 1. The van der Waals surface area contributed by atoms with Crippen LogP contribution in [0.4, 0.5) is 27.5 Å². The first-order valence-electron chi connectivity index (χ1n) is 9.10. The van der Waals surface area contributed by atoms with Crippen LogP contribution in [-0.4, -0.2) is 20.1 Å². The number of nitro groups is 1. The third-order valence-electron chi connectivity index (χ3n) is 4.74. The van der Waals surface area contributed by atoms with Gasteiger partial charge in [-0.3, -0.25) is 15.2 Å². The number of hydrogen-bond donors (Lipinski definition) is 3. The zero-order valence-electron chi connectivity index (χ0n) is 15.4. The predicted molar refractivity (Wildman–Crippen MR) is 108 cm³/mol. The second-order valence-corrected chi connectivity index (χ2v) is 7.38. The molecule has 2 heterocycles. The minimum atomic E-state index is -0.553. The van der Waals surface area contributed by atoms with Crippen molar-refractivity contribution in [3.8, 4) is 0 Å². The second-order valence-electron chi connectivity index (χ2n) is 6.97. The lowest BCUT2D eigenvalue weighted by Crippen LogP contribution is -2.10. The summed E-state index contributed by atoms with van der Waals surface area (Å²) in [6.07, 6.45) is 2.21. The summed E-state index contributed by atoms with van der Waals surface area (Å²) in [7, 11) is 0. The van der Waals surface area contributed by atoms with Crippen molar-refractivity contribution in [2.45, 2.75) is 31.7 Å². The number of aromatic amines is 1. The highest BCUT2D eigenvalue weighted by atomic mass is 35.5. The van der Waals surface area contributed by atoms with Gasteiger partial charge < -0.3 is 10.6 Å². The maximum absolute atomic E-state index is 13.1. The van der Waals surface area contributed by atoms with Gasteiger partial charge >= 0.3 is 5.69 Å². The van der Waals surface area contributed by atoms with Gasteiger partial charge in [-0.2, -0.15) is 5.10 Å². The molecular weight excluding hydrogens is 399 g/mol. The van der Waals surface area contributed by atoms with Gasteiger partial charge in [0.05, 0.1) is 9.95 Å². The molecule has 0 unspecified atom stereocenters. The lowest BCUT2D eigenvalue weighted by Gasteiger charge is -2.17. The molecule has 4 rings (SSSR count). The van der Waals surface area contributed by atoms with Gasteiger partial charge in [0.15, 0.2) is 5.82 Å². The summed E-state index contributed by atoms with van der Waals surface area (Å²) in [5.74, 6) is 0.891. The van der Waals surface area contributed by atoms with Crippen molar-refractivity contribution in [3.05, 3.63) is 68.6 Å². The Labute approximate surface area is 170 Å². The van der Waals surface area contributed by atoms with Crippen molar-refractivity contribution >= 4 is 34.7 Å². The molecule has 1 atom stereocenters. The molecule has 0 bridgehead atoms. The van der Waals surface area contributed by atoms with Gasteiger partial charge in [-0.05, 0) is 37.5 Å². The fourth-order valence-electron chi connectivity index (χ4n) is 2.98. The summed E-state index contributed by atoms with van der Waals surface area (Å²) in [6.45, 7) is 1.86. The van der Waals surface area contributed by atoms with E-state index in [1.807, 2.05) is 13.0 Å². The van der Waals surface area contributed by atoms with Gasteiger partial charge in [-0.25, -0.2) is 9.37 Å². The number of benzene rings is 1. The summed E-state index contributed by atoms with van der Waals surface area (Å²) >= 11 is 6.22. The van der Waals surface area contributed by atoms with Crippen LogP contribution in [0.5, 0.6) is 0 Å². The maximum Gasteiger partial charge on any atom is 0.313 e. The van der Waals surface area contributed by atoms with Gasteiger partial charge in [0, 0.05) is 29.8 Å². The van der Waals surface area contributed by atoms with Crippen molar-refractivity contribution in [2.24, 2.45) is 0 Å². The maximum atomic E-state index is 13.1. The van der Waals surface area contributed by atoms with E-state index in [1.54, 1.807) is 12.1 Å². The molecule has 8 nitrogen and oxygen atoms in total. The Balaban J connectivity index is 1.60. The Morgan fingerprint density at radius 2 is 2.00 bits per heavy atom. The van der Waals surface area contributed by atoms with E-state index in [0.29, 0.717) is 11.7 Å². The van der Waals surface area contributed by atoms with Gasteiger partial charge in [-0.1, -0.05) is 23.7 Å². The normalized spacial score (nSPS) is 14.4. The third kappa shape index (κ3) is 4.29. The number of pyridine rings is 1. The van der Waals surface area contributed by atoms with Crippen LogP contribution in [0, 0.1) is 15.9 Å². The average Bonchev–Trinajstić information content (AvgIpc) is 3.43. The summed E-state index contributed by atoms with van der Waals surface area (Å²) in [6, 6.07) is 8.84. The topological polar surface area (TPSA) is 109 Å². The monoisotopic (exact) mass is 416 g/mol. The third-order valence-corrected chi connectivity index (χ3v) is 5.03. The van der Waals surface area contributed by atoms with Crippen molar-refractivity contribution in [1.82, 2.24) is 15.2 Å². The standard InChI is InChI=1S/C19H18ClFN6O2/c1-10(11-4-6-13(21)7-5-11)22-18-14(20)8-16(27(28)29)19(24-18)23-17-9-15(25-26-17)12-2-3-12/h4-10,12H,2-3H2,1H3,(H3,22,23,24,25,26)/t10-/m1/s1. The molecule has 0 spiro atoms. The van der Waals surface area contributed by atoms with Crippen molar-refractivity contribution in [2.75, 3.05) is 10.6 Å². The van der Waals surface area contributed by atoms with Gasteiger partial charge in [0.1, 0.15) is 11.6 Å². The highest BCUT2D eigenvalue weighted by Gasteiger charge is 2.26. The average molecular weight is 417 g/mol. The molecule has 0 aliphatic heterocycles. The van der Waals surface area contributed by atoms with E-state index < -0.39 is 4.92 Å². The van der Waals surface area contributed by atoms with Crippen LogP contribution >= 0.6 is 11.6 Å². The van der Waals surface area contributed by atoms with Crippen LogP contribution in [0.1, 0.15) is 43.0 Å². The van der Waals surface area contributed by atoms with Gasteiger partial charge in [-0.15, -0.1) is 0 Å². The Kier molecular flexibility index (Phi) is 5.06. The van der Waals surface area contributed by atoms with Crippen LogP contribution in [0.25, 0.3) is 0 Å². The van der Waals surface area contributed by atoms with E-state index in [-0.39, 0.29) is 34.2 Å². The van der Waals surface area contributed by atoms with E-state index in [4.69, 9.17) is 11.6 Å². The SMILES string of the molecule is C[C@@H](Nc1nc(Nc2cc(C3CC3)[nH]n2)c([N+](=O)[O-])cc1Cl)c1ccc(F)cc1. The molecule has 0 amide bonds. The first kappa shape index (κ1) is 19.1. The van der Waals surface area contributed by atoms with E-state index in [1.165, 1.54) is 18.2 Å². The minimum absolute atomic E-state index is 0.0297. The largest absolute Gasteiger partial charge is 0.362 e. The number of nitrogens with one attached hydrogen (secondary N) is 3. The molecule has 150 valence electrons. The Morgan fingerprint density at radius 1 is 1.28 bits per heavy atom. The van der Waals surface area contributed by atoms with E-state index in [9.17, 15) is 14.5 Å². The van der Waals surface area contributed by atoms with E-state index in [0.717, 1.165) is 24.1 Å². The molecule has 3 N–H and O–H groups in total. The van der Waals surface area contributed by atoms with Crippen molar-refractivity contribution in [1.29, 1.82) is 0 Å². The molecule has 3 aromatic rings. The van der Waals surface area contributed by atoms with Crippen LogP contribution in [-0.2, 0) is 0 Å². The Morgan fingerprint density at radius 3 is 2.66 bits per heavy atom. The molecule has 29 heavy (non-hydrogen) atoms. The van der Waals surface area contributed by atoms with Crippen molar-refractivity contribution in [3.63, 3.8) is 0 Å². The zero-order valence-corrected chi connectivity index (χ0v) is 16.2. The van der Waals surface area contributed by atoms with E-state index >= 15 is 0 Å².